The zero-order chi connectivity index (χ0) is 15.6. The zero-order valence-electron chi connectivity index (χ0n) is 12.5. The Morgan fingerprint density at radius 2 is 1.71 bits per heavy atom. The maximum absolute atomic E-state index is 11.5. The Kier molecular flexibility index (Phi) is 4.34. The van der Waals surface area contributed by atoms with E-state index >= 15 is 0 Å². The van der Waals surface area contributed by atoms with Crippen LogP contribution in [0.3, 0.4) is 0 Å². The minimum atomic E-state index is -3.69. The number of nitrogens with two attached hydrogens (primary N) is 1. The monoisotopic (exact) mass is 304 g/mol. The molecule has 3 N–H and O–H groups in total. The molecule has 0 unspecified atom stereocenters. The highest BCUT2D eigenvalue weighted by Crippen LogP contribution is 2.20. The van der Waals surface area contributed by atoms with E-state index in [9.17, 15) is 8.42 Å². The Morgan fingerprint density at radius 1 is 1.00 bits per heavy atom. The Bertz CT molecular complexity index is 768. The third-order valence-corrected chi connectivity index (χ3v) is 4.53. The molecular weight excluding hydrogens is 284 g/mol. The highest BCUT2D eigenvalue weighted by atomic mass is 32.2. The van der Waals surface area contributed by atoms with Crippen LogP contribution in [-0.4, -0.2) is 8.42 Å². The van der Waals surface area contributed by atoms with Gasteiger partial charge in [0, 0.05) is 12.2 Å². The number of anilines is 1. The van der Waals surface area contributed by atoms with Crippen LogP contribution in [-0.2, 0) is 16.6 Å². The van der Waals surface area contributed by atoms with E-state index in [1.165, 1.54) is 16.7 Å². The number of rotatable bonds is 4. The van der Waals surface area contributed by atoms with Crippen LogP contribution in [0.25, 0.3) is 0 Å². The van der Waals surface area contributed by atoms with Crippen molar-refractivity contribution in [1.29, 1.82) is 0 Å². The molecule has 21 heavy (non-hydrogen) atoms. The lowest BCUT2D eigenvalue weighted by molar-refractivity contribution is 0.597. The van der Waals surface area contributed by atoms with Crippen LogP contribution in [0, 0.1) is 20.8 Å². The van der Waals surface area contributed by atoms with Crippen LogP contribution in [0.1, 0.15) is 22.3 Å². The second-order valence-corrected chi connectivity index (χ2v) is 6.84. The Balaban J connectivity index is 2.21. The minimum absolute atomic E-state index is 0.160. The lowest BCUT2D eigenvalue weighted by Crippen LogP contribution is -2.14. The molecule has 2 rings (SSSR count). The zero-order valence-corrected chi connectivity index (χ0v) is 13.3. The Hall–Kier alpha value is -1.85. The predicted octanol–water partition coefficient (Wildman–Crippen LogP) is 2.87. The fourth-order valence-electron chi connectivity index (χ4n) is 2.26. The molecule has 0 heterocycles. The lowest BCUT2D eigenvalue weighted by Gasteiger charge is -2.12. The Labute approximate surface area is 126 Å². The van der Waals surface area contributed by atoms with Crippen molar-refractivity contribution < 1.29 is 8.42 Å². The number of benzene rings is 2. The van der Waals surface area contributed by atoms with E-state index in [2.05, 4.69) is 37.4 Å². The smallest absolute Gasteiger partial charge is 0.238 e. The van der Waals surface area contributed by atoms with Crippen LogP contribution in [0.15, 0.2) is 41.3 Å². The van der Waals surface area contributed by atoms with E-state index in [1.54, 1.807) is 19.1 Å². The van der Waals surface area contributed by atoms with Gasteiger partial charge in [0.15, 0.2) is 0 Å². The van der Waals surface area contributed by atoms with Crippen LogP contribution in [0.5, 0.6) is 0 Å². The van der Waals surface area contributed by atoms with Crippen molar-refractivity contribution in [2.24, 2.45) is 5.14 Å². The molecule has 0 fully saturated rings. The van der Waals surface area contributed by atoms with E-state index in [-0.39, 0.29) is 4.90 Å². The summed E-state index contributed by atoms with van der Waals surface area (Å²) in [5.74, 6) is 0. The molecule has 0 aromatic heterocycles. The van der Waals surface area contributed by atoms with Gasteiger partial charge in [0.1, 0.15) is 0 Å². The molecule has 0 aliphatic heterocycles. The van der Waals surface area contributed by atoms with Gasteiger partial charge in [-0.15, -0.1) is 0 Å². The summed E-state index contributed by atoms with van der Waals surface area (Å²) in [5.41, 5.74) is 5.00. The van der Waals surface area contributed by atoms with Gasteiger partial charge >= 0.3 is 0 Å². The fraction of sp³-hybridized carbons (Fsp3) is 0.250. The fourth-order valence-corrected chi connectivity index (χ4v) is 3.07. The molecule has 2 aromatic carbocycles. The van der Waals surface area contributed by atoms with E-state index in [0.717, 1.165) is 5.69 Å². The van der Waals surface area contributed by atoms with Gasteiger partial charge in [0.2, 0.25) is 10.0 Å². The van der Waals surface area contributed by atoms with Crippen molar-refractivity contribution >= 4 is 15.7 Å². The molecule has 0 aliphatic rings. The largest absolute Gasteiger partial charge is 0.381 e. The molecule has 112 valence electrons. The molecule has 2 aromatic rings. The molecule has 0 saturated heterocycles. The third kappa shape index (κ3) is 3.83. The molecule has 0 spiro atoms. The van der Waals surface area contributed by atoms with Gasteiger partial charge in [-0.25, -0.2) is 13.6 Å². The summed E-state index contributed by atoms with van der Waals surface area (Å²) < 4.78 is 23.0. The van der Waals surface area contributed by atoms with Gasteiger partial charge in [0.25, 0.3) is 0 Å². The third-order valence-electron chi connectivity index (χ3n) is 3.48. The molecule has 0 aliphatic carbocycles. The molecule has 0 amide bonds. The first kappa shape index (κ1) is 15.5. The first-order chi connectivity index (χ1) is 9.77. The summed E-state index contributed by atoms with van der Waals surface area (Å²) in [7, 11) is -3.69. The van der Waals surface area contributed by atoms with Gasteiger partial charge in [-0.2, -0.15) is 0 Å². The summed E-state index contributed by atoms with van der Waals surface area (Å²) in [6.45, 7) is 6.49. The lowest BCUT2D eigenvalue weighted by atomic mass is 10.1. The minimum Gasteiger partial charge on any atom is -0.381 e. The number of hydrogen-bond acceptors (Lipinski definition) is 3. The maximum atomic E-state index is 11.5. The summed E-state index contributed by atoms with van der Waals surface area (Å²) in [4.78, 5) is 0.160. The molecule has 0 atom stereocenters. The van der Waals surface area contributed by atoms with Crippen LogP contribution in [0.2, 0.25) is 0 Å². The van der Waals surface area contributed by atoms with Crippen molar-refractivity contribution in [2.75, 3.05) is 5.32 Å². The molecule has 0 radical (unpaired) electrons. The number of aryl methyl sites for hydroxylation is 3. The first-order valence-electron chi connectivity index (χ1n) is 6.71. The van der Waals surface area contributed by atoms with E-state index in [4.69, 9.17) is 5.14 Å². The van der Waals surface area contributed by atoms with Crippen LogP contribution in [0.4, 0.5) is 5.69 Å². The van der Waals surface area contributed by atoms with Crippen molar-refractivity contribution in [3.63, 3.8) is 0 Å². The van der Waals surface area contributed by atoms with E-state index < -0.39 is 10.0 Å². The molecule has 0 bridgehead atoms. The average molecular weight is 304 g/mol. The van der Waals surface area contributed by atoms with Crippen molar-refractivity contribution in [3.05, 3.63) is 58.7 Å². The first-order valence-corrected chi connectivity index (χ1v) is 8.25. The number of primary sulfonamides is 1. The summed E-state index contributed by atoms with van der Waals surface area (Å²) in [6.07, 6.45) is 0. The number of sulfonamides is 1. The van der Waals surface area contributed by atoms with Gasteiger partial charge in [-0.1, -0.05) is 29.8 Å². The van der Waals surface area contributed by atoms with Gasteiger partial charge in [0.05, 0.1) is 4.90 Å². The number of hydrogen-bond donors (Lipinski definition) is 2. The van der Waals surface area contributed by atoms with Gasteiger partial charge < -0.3 is 5.32 Å². The van der Waals surface area contributed by atoms with Crippen LogP contribution < -0.4 is 10.5 Å². The molecule has 5 heteroatoms. The van der Waals surface area contributed by atoms with Crippen LogP contribution >= 0.6 is 0 Å². The van der Waals surface area contributed by atoms with E-state index in [0.29, 0.717) is 12.1 Å². The van der Waals surface area contributed by atoms with Crippen molar-refractivity contribution in [1.82, 2.24) is 0 Å². The van der Waals surface area contributed by atoms with Gasteiger partial charge in [-0.3, -0.25) is 0 Å². The summed E-state index contributed by atoms with van der Waals surface area (Å²) in [6, 6.07) is 11.5. The molecule has 0 saturated carbocycles. The predicted molar refractivity (Wildman–Crippen MR) is 85.8 cm³/mol. The summed E-state index contributed by atoms with van der Waals surface area (Å²) in [5, 5.41) is 8.46. The molecule has 4 nitrogen and oxygen atoms in total. The standard InChI is InChI=1S/C16H20N2O2S/c1-11-4-6-14(13(3)8-11)10-18-15-7-5-12(2)16(9-15)21(17,19)20/h4-9,18H,10H2,1-3H3,(H2,17,19,20). The topological polar surface area (TPSA) is 72.2 Å². The average Bonchev–Trinajstić information content (AvgIpc) is 2.38. The Morgan fingerprint density at radius 3 is 2.33 bits per heavy atom. The SMILES string of the molecule is Cc1ccc(CNc2ccc(C)c(S(N)(=O)=O)c2)c(C)c1. The summed E-state index contributed by atoms with van der Waals surface area (Å²) >= 11 is 0. The van der Waals surface area contributed by atoms with Crippen molar-refractivity contribution in [3.8, 4) is 0 Å². The maximum Gasteiger partial charge on any atom is 0.238 e. The van der Waals surface area contributed by atoms with Gasteiger partial charge in [-0.05, 0) is 49.6 Å². The second kappa shape index (κ2) is 5.87. The molecular formula is C16H20N2O2S. The highest BCUT2D eigenvalue weighted by molar-refractivity contribution is 7.89. The highest BCUT2D eigenvalue weighted by Gasteiger charge is 2.12. The van der Waals surface area contributed by atoms with Crippen molar-refractivity contribution in [2.45, 2.75) is 32.2 Å². The second-order valence-electron chi connectivity index (χ2n) is 5.31. The quantitative estimate of drug-likeness (QED) is 0.912. The normalized spacial score (nSPS) is 11.4. The van der Waals surface area contributed by atoms with E-state index in [1.807, 2.05) is 6.07 Å². The number of nitrogens with one attached hydrogen (secondary N) is 1.